The van der Waals surface area contributed by atoms with Crippen LogP contribution in [0.3, 0.4) is 0 Å². The molecule has 0 spiro atoms. The molecule has 1 aromatic heterocycles. The Morgan fingerprint density at radius 1 is 1.30 bits per heavy atom. The Kier molecular flexibility index (Phi) is 6.08. The summed E-state index contributed by atoms with van der Waals surface area (Å²) in [6, 6.07) is 8.01. The summed E-state index contributed by atoms with van der Waals surface area (Å²) >= 11 is 9.80. The highest BCUT2D eigenvalue weighted by molar-refractivity contribution is 7.99. The molecule has 1 aliphatic rings. The molecular weight excluding hydrogens is 346 g/mol. The van der Waals surface area contributed by atoms with Crippen LogP contribution in [-0.2, 0) is 12.8 Å². The third-order valence-electron chi connectivity index (χ3n) is 3.64. The maximum absolute atomic E-state index is 6.23. The molecule has 0 atom stereocenters. The number of hydrogen-bond acceptors (Lipinski definition) is 5. The first-order chi connectivity index (χ1) is 11.3. The third-order valence-corrected chi connectivity index (χ3v) is 5.95. The van der Waals surface area contributed by atoms with Crippen LogP contribution in [0.25, 0.3) is 0 Å². The second-order valence-electron chi connectivity index (χ2n) is 5.28. The number of benzene rings is 1. The number of nitrogens with zero attached hydrogens (tertiary/aromatic N) is 2. The summed E-state index contributed by atoms with van der Waals surface area (Å²) in [4.78, 5) is 10.7. The van der Waals surface area contributed by atoms with Gasteiger partial charge < -0.3 is 5.32 Å². The molecule has 0 radical (unpaired) electrons. The molecule has 2 aromatic rings. The van der Waals surface area contributed by atoms with E-state index >= 15 is 0 Å². The Balaban J connectivity index is 1.73. The number of nitrogens with one attached hydrogen (secondary N) is 1. The predicted octanol–water partition coefficient (Wildman–Crippen LogP) is 4.93. The van der Waals surface area contributed by atoms with Gasteiger partial charge in [-0.05, 0) is 42.4 Å². The Labute approximate surface area is 151 Å². The zero-order valence-corrected chi connectivity index (χ0v) is 15.5. The fourth-order valence-electron chi connectivity index (χ4n) is 2.54. The van der Waals surface area contributed by atoms with Gasteiger partial charge >= 0.3 is 0 Å². The largest absolute Gasteiger partial charge is 0.369 e. The molecule has 0 bridgehead atoms. The Bertz CT molecular complexity index is 679. The molecule has 122 valence electrons. The van der Waals surface area contributed by atoms with Crippen molar-refractivity contribution in [1.82, 2.24) is 9.97 Å². The second-order valence-corrected chi connectivity index (χ2v) is 8.03. The fourth-order valence-corrected chi connectivity index (χ4v) is 4.42. The topological polar surface area (TPSA) is 37.8 Å². The minimum Gasteiger partial charge on any atom is -0.369 e. The maximum atomic E-state index is 6.23. The van der Waals surface area contributed by atoms with Crippen molar-refractivity contribution in [3.63, 3.8) is 0 Å². The molecule has 0 saturated heterocycles. The molecule has 1 aliphatic heterocycles. The average Bonchev–Trinajstić information content (AvgIpc) is 2.57. The molecule has 1 aromatic carbocycles. The first-order valence-corrected chi connectivity index (χ1v) is 10.3. The summed E-state index contributed by atoms with van der Waals surface area (Å²) in [5.74, 6) is 3.13. The van der Waals surface area contributed by atoms with Crippen LogP contribution in [0, 0.1) is 0 Å². The Hall–Kier alpha value is -0.910. The molecule has 0 unspecified atom stereocenters. The van der Waals surface area contributed by atoms with E-state index in [-0.39, 0.29) is 0 Å². The van der Waals surface area contributed by atoms with Gasteiger partial charge in [-0.15, -0.1) is 11.8 Å². The van der Waals surface area contributed by atoms with E-state index in [9.17, 15) is 0 Å². The lowest BCUT2D eigenvalue weighted by molar-refractivity contribution is 0.782. The summed E-state index contributed by atoms with van der Waals surface area (Å²) < 4.78 is 0. The molecular formula is C17H20ClN3S2. The van der Waals surface area contributed by atoms with Crippen LogP contribution in [0.2, 0.25) is 5.02 Å². The number of thioether (sulfide) groups is 2. The minimum absolute atomic E-state index is 0.823. The van der Waals surface area contributed by atoms with Crippen molar-refractivity contribution in [1.29, 1.82) is 0 Å². The maximum Gasteiger partial charge on any atom is 0.189 e. The molecule has 3 rings (SSSR count). The van der Waals surface area contributed by atoms with E-state index in [2.05, 4.69) is 18.3 Å². The van der Waals surface area contributed by atoms with Gasteiger partial charge in [-0.25, -0.2) is 9.97 Å². The van der Waals surface area contributed by atoms with Crippen LogP contribution in [0.15, 0.2) is 34.3 Å². The van der Waals surface area contributed by atoms with Crippen LogP contribution < -0.4 is 5.32 Å². The van der Waals surface area contributed by atoms with Gasteiger partial charge in [0.05, 0.1) is 10.6 Å². The van der Waals surface area contributed by atoms with Crippen molar-refractivity contribution in [2.24, 2.45) is 0 Å². The lowest BCUT2D eigenvalue weighted by atomic mass is 10.1. The van der Waals surface area contributed by atoms with E-state index in [1.54, 1.807) is 11.8 Å². The lowest BCUT2D eigenvalue weighted by Gasteiger charge is -2.19. The van der Waals surface area contributed by atoms with Crippen LogP contribution in [-0.4, -0.2) is 28.0 Å². The highest BCUT2D eigenvalue weighted by Crippen LogP contribution is 2.35. The van der Waals surface area contributed by atoms with Gasteiger partial charge in [-0.2, -0.15) is 0 Å². The smallest absolute Gasteiger partial charge is 0.189 e. The van der Waals surface area contributed by atoms with Crippen LogP contribution >= 0.6 is 35.1 Å². The van der Waals surface area contributed by atoms with Crippen molar-refractivity contribution in [3.05, 3.63) is 40.5 Å². The fraction of sp³-hybridized carbons (Fsp3) is 0.412. The average molecular weight is 366 g/mol. The van der Waals surface area contributed by atoms with Gasteiger partial charge in [0.15, 0.2) is 5.16 Å². The summed E-state index contributed by atoms with van der Waals surface area (Å²) in [5.41, 5.74) is 2.37. The van der Waals surface area contributed by atoms with E-state index < -0.39 is 0 Å². The third kappa shape index (κ3) is 4.34. The van der Waals surface area contributed by atoms with E-state index in [1.807, 2.05) is 30.0 Å². The Morgan fingerprint density at radius 3 is 3.00 bits per heavy atom. The van der Waals surface area contributed by atoms with Crippen molar-refractivity contribution in [2.45, 2.75) is 36.2 Å². The zero-order chi connectivity index (χ0) is 16.1. The van der Waals surface area contributed by atoms with E-state index in [0.717, 1.165) is 46.9 Å². The van der Waals surface area contributed by atoms with Gasteiger partial charge in [0.25, 0.3) is 0 Å². The van der Waals surface area contributed by atoms with E-state index in [1.165, 1.54) is 22.6 Å². The van der Waals surface area contributed by atoms with Crippen molar-refractivity contribution >= 4 is 40.9 Å². The zero-order valence-electron chi connectivity index (χ0n) is 13.1. The molecule has 6 heteroatoms. The molecule has 2 heterocycles. The van der Waals surface area contributed by atoms with Gasteiger partial charge in [0.2, 0.25) is 0 Å². The number of hydrogen-bond donors (Lipinski definition) is 1. The Morgan fingerprint density at radius 2 is 2.17 bits per heavy atom. The number of fused-ring (bicyclic) bond motifs is 1. The number of rotatable bonds is 6. The number of aromatic nitrogens is 2. The number of anilines is 1. The van der Waals surface area contributed by atoms with E-state index in [4.69, 9.17) is 21.6 Å². The molecule has 3 nitrogen and oxygen atoms in total. The standard InChI is InChI=1S/C17H20ClN3S2/c1-2-22-17-20-14-8-5-11-23-15(14)16(21-17)19-10-9-12-6-3-4-7-13(12)18/h3-4,6-7H,2,5,8-11H2,1H3,(H,19,20,21). The summed E-state index contributed by atoms with van der Waals surface area (Å²) in [6.07, 6.45) is 3.14. The van der Waals surface area contributed by atoms with Crippen molar-refractivity contribution < 1.29 is 0 Å². The predicted molar refractivity (Wildman–Crippen MR) is 101 cm³/mol. The van der Waals surface area contributed by atoms with Crippen LogP contribution in [0.4, 0.5) is 5.82 Å². The summed E-state index contributed by atoms with van der Waals surface area (Å²) in [5, 5.41) is 5.22. The van der Waals surface area contributed by atoms with Crippen molar-refractivity contribution in [2.75, 3.05) is 23.4 Å². The van der Waals surface area contributed by atoms with Crippen LogP contribution in [0.5, 0.6) is 0 Å². The quantitative estimate of drug-likeness (QED) is 0.580. The first kappa shape index (κ1) is 16.9. The summed E-state index contributed by atoms with van der Waals surface area (Å²) in [7, 11) is 0. The second kappa shape index (κ2) is 8.27. The number of aryl methyl sites for hydroxylation is 1. The lowest BCUT2D eigenvalue weighted by Crippen LogP contribution is -2.13. The van der Waals surface area contributed by atoms with Crippen LogP contribution in [0.1, 0.15) is 24.6 Å². The SMILES string of the molecule is CCSc1nc2c(c(NCCc3ccccc3Cl)n1)SCCC2. The van der Waals surface area contributed by atoms with Crippen molar-refractivity contribution in [3.8, 4) is 0 Å². The molecule has 0 amide bonds. The normalized spacial score (nSPS) is 13.7. The molecule has 23 heavy (non-hydrogen) atoms. The number of halogens is 1. The molecule has 0 fully saturated rings. The minimum atomic E-state index is 0.823. The monoisotopic (exact) mass is 365 g/mol. The van der Waals surface area contributed by atoms with Gasteiger partial charge in [0, 0.05) is 11.6 Å². The molecule has 0 saturated carbocycles. The highest BCUT2D eigenvalue weighted by atomic mass is 35.5. The van der Waals surface area contributed by atoms with Gasteiger partial charge in [-0.3, -0.25) is 0 Å². The molecule has 1 N–H and O–H groups in total. The van der Waals surface area contributed by atoms with Gasteiger partial charge in [-0.1, -0.05) is 48.5 Å². The first-order valence-electron chi connectivity index (χ1n) is 7.91. The van der Waals surface area contributed by atoms with Gasteiger partial charge in [0.1, 0.15) is 5.82 Å². The summed E-state index contributed by atoms with van der Waals surface area (Å²) in [6.45, 7) is 2.96. The highest BCUT2D eigenvalue weighted by Gasteiger charge is 2.18. The molecule has 0 aliphatic carbocycles. The van der Waals surface area contributed by atoms with E-state index in [0.29, 0.717) is 0 Å².